The van der Waals surface area contributed by atoms with Gasteiger partial charge in [0.05, 0.1) is 0 Å². The molecule has 0 saturated carbocycles. The molecular formula is C9H8FNO. The predicted molar refractivity (Wildman–Crippen MR) is 43.3 cm³/mol. The summed E-state index contributed by atoms with van der Waals surface area (Å²) in [6.07, 6.45) is 2.46. The first-order chi connectivity index (χ1) is 5.86. The van der Waals surface area contributed by atoms with E-state index in [0.29, 0.717) is 0 Å². The first-order valence-corrected chi connectivity index (χ1v) is 3.79. The lowest BCUT2D eigenvalue weighted by molar-refractivity contribution is 0.0857. The molecule has 12 heavy (non-hydrogen) atoms. The Bertz CT molecular complexity index is 286. The zero-order valence-corrected chi connectivity index (χ0v) is 6.40. The highest BCUT2D eigenvalue weighted by Crippen LogP contribution is 2.23. The van der Waals surface area contributed by atoms with Crippen LogP contribution in [0.2, 0.25) is 0 Å². The minimum atomic E-state index is -0.224. The van der Waals surface area contributed by atoms with Gasteiger partial charge in [0.2, 0.25) is 0 Å². The van der Waals surface area contributed by atoms with Crippen molar-refractivity contribution in [3.8, 4) is 0 Å². The van der Waals surface area contributed by atoms with Gasteiger partial charge in [-0.3, -0.25) is 0 Å². The van der Waals surface area contributed by atoms with Crippen LogP contribution in [0.25, 0.3) is 0 Å². The molecule has 1 aliphatic rings. The lowest BCUT2D eigenvalue weighted by Crippen LogP contribution is -1.95. The number of rotatable bonds is 1. The number of hydrogen-bond donors (Lipinski definition) is 0. The Morgan fingerprint density at radius 2 is 2.08 bits per heavy atom. The molecule has 62 valence electrons. The Morgan fingerprint density at radius 3 is 2.67 bits per heavy atom. The maximum Gasteiger partial charge on any atom is 0.157 e. The van der Waals surface area contributed by atoms with Crippen molar-refractivity contribution >= 4 is 6.21 Å². The van der Waals surface area contributed by atoms with E-state index in [9.17, 15) is 4.39 Å². The number of oxime groups is 1. The minimum absolute atomic E-state index is 0.0226. The van der Waals surface area contributed by atoms with E-state index >= 15 is 0 Å². The fourth-order valence-electron chi connectivity index (χ4n) is 1.17. The molecule has 0 aromatic heterocycles. The van der Waals surface area contributed by atoms with Crippen molar-refractivity contribution in [1.82, 2.24) is 0 Å². The molecule has 3 heteroatoms. The average molecular weight is 165 g/mol. The minimum Gasteiger partial charge on any atom is -0.388 e. The van der Waals surface area contributed by atoms with Crippen molar-refractivity contribution in [3.05, 3.63) is 35.6 Å². The van der Waals surface area contributed by atoms with E-state index < -0.39 is 0 Å². The van der Waals surface area contributed by atoms with Gasteiger partial charge in [0, 0.05) is 12.6 Å². The molecule has 0 bridgehead atoms. The number of benzene rings is 1. The van der Waals surface area contributed by atoms with Crippen LogP contribution in [0.5, 0.6) is 0 Å². The highest BCUT2D eigenvalue weighted by atomic mass is 19.1. The van der Waals surface area contributed by atoms with Gasteiger partial charge < -0.3 is 4.84 Å². The van der Waals surface area contributed by atoms with Crippen LogP contribution in [0, 0.1) is 5.82 Å². The van der Waals surface area contributed by atoms with E-state index in [0.717, 1.165) is 12.0 Å². The van der Waals surface area contributed by atoms with Gasteiger partial charge in [-0.1, -0.05) is 17.3 Å². The van der Waals surface area contributed by atoms with Gasteiger partial charge in [0.25, 0.3) is 0 Å². The zero-order chi connectivity index (χ0) is 8.39. The standard InChI is InChI=1S/C9H8FNO/c10-8-3-1-7(2-4-8)9-5-6-11-12-9/h1-4,6,9H,5H2. The van der Waals surface area contributed by atoms with Crippen LogP contribution in [0.15, 0.2) is 29.4 Å². The summed E-state index contributed by atoms with van der Waals surface area (Å²) >= 11 is 0. The lowest BCUT2D eigenvalue weighted by atomic mass is 10.1. The molecule has 1 heterocycles. The highest BCUT2D eigenvalue weighted by molar-refractivity contribution is 5.59. The van der Waals surface area contributed by atoms with Gasteiger partial charge in [-0.25, -0.2) is 4.39 Å². The first kappa shape index (κ1) is 7.28. The summed E-state index contributed by atoms with van der Waals surface area (Å²) < 4.78 is 12.5. The molecule has 1 atom stereocenters. The Kier molecular flexibility index (Phi) is 1.78. The fraction of sp³-hybridized carbons (Fsp3) is 0.222. The van der Waals surface area contributed by atoms with E-state index in [1.54, 1.807) is 18.3 Å². The first-order valence-electron chi connectivity index (χ1n) is 3.79. The van der Waals surface area contributed by atoms with Gasteiger partial charge >= 0.3 is 0 Å². The fourth-order valence-corrected chi connectivity index (χ4v) is 1.17. The second-order valence-electron chi connectivity index (χ2n) is 2.67. The largest absolute Gasteiger partial charge is 0.388 e. The maximum atomic E-state index is 12.5. The summed E-state index contributed by atoms with van der Waals surface area (Å²) in [5, 5.41) is 3.64. The van der Waals surface area contributed by atoms with Gasteiger partial charge in [-0.2, -0.15) is 0 Å². The molecule has 0 spiro atoms. The molecular weight excluding hydrogens is 157 g/mol. The number of nitrogens with zero attached hydrogens (tertiary/aromatic N) is 1. The van der Waals surface area contributed by atoms with Crippen LogP contribution in [-0.4, -0.2) is 6.21 Å². The summed E-state index contributed by atoms with van der Waals surface area (Å²) in [5.41, 5.74) is 0.967. The van der Waals surface area contributed by atoms with Gasteiger partial charge in [0.15, 0.2) is 6.10 Å². The number of hydrogen-bond acceptors (Lipinski definition) is 2. The maximum absolute atomic E-state index is 12.5. The monoisotopic (exact) mass is 165 g/mol. The third-order valence-electron chi connectivity index (χ3n) is 1.82. The van der Waals surface area contributed by atoms with Gasteiger partial charge in [-0.05, 0) is 17.7 Å². The third-order valence-corrected chi connectivity index (χ3v) is 1.82. The summed E-state index contributed by atoms with van der Waals surface area (Å²) in [7, 11) is 0. The molecule has 1 aromatic carbocycles. The van der Waals surface area contributed by atoms with E-state index in [4.69, 9.17) is 4.84 Å². The number of halogens is 1. The molecule has 0 radical (unpaired) electrons. The Hall–Kier alpha value is -1.38. The molecule has 2 rings (SSSR count). The Labute approximate surface area is 69.6 Å². The van der Waals surface area contributed by atoms with E-state index in [-0.39, 0.29) is 11.9 Å². The molecule has 1 unspecified atom stereocenters. The van der Waals surface area contributed by atoms with Crippen molar-refractivity contribution in [1.29, 1.82) is 0 Å². The van der Waals surface area contributed by atoms with Crippen LogP contribution in [0.1, 0.15) is 18.1 Å². The van der Waals surface area contributed by atoms with E-state index in [1.165, 1.54) is 12.1 Å². The van der Waals surface area contributed by atoms with E-state index in [1.807, 2.05) is 0 Å². The zero-order valence-electron chi connectivity index (χ0n) is 6.40. The van der Waals surface area contributed by atoms with Crippen LogP contribution in [0.4, 0.5) is 4.39 Å². The van der Waals surface area contributed by atoms with Crippen LogP contribution in [-0.2, 0) is 4.84 Å². The topological polar surface area (TPSA) is 21.6 Å². The third kappa shape index (κ3) is 1.30. The normalized spacial score (nSPS) is 20.9. The van der Waals surface area contributed by atoms with Crippen LogP contribution < -0.4 is 0 Å². The van der Waals surface area contributed by atoms with Crippen molar-refractivity contribution in [2.24, 2.45) is 5.16 Å². The molecule has 0 fully saturated rings. The SMILES string of the molecule is Fc1ccc(C2CC=NO2)cc1. The molecule has 0 amide bonds. The molecule has 2 nitrogen and oxygen atoms in total. The van der Waals surface area contributed by atoms with Crippen molar-refractivity contribution in [2.75, 3.05) is 0 Å². The van der Waals surface area contributed by atoms with Crippen molar-refractivity contribution < 1.29 is 9.23 Å². The summed E-state index contributed by atoms with van der Waals surface area (Å²) in [6, 6.07) is 6.29. The smallest absolute Gasteiger partial charge is 0.157 e. The summed E-state index contributed by atoms with van der Waals surface area (Å²) in [6.45, 7) is 0. The Balaban J connectivity index is 2.18. The highest BCUT2D eigenvalue weighted by Gasteiger charge is 2.15. The van der Waals surface area contributed by atoms with Gasteiger partial charge in [-0.15, -0.1) is 0 Å². The summed E-state index contributed by atoms with van der Waals surface area (Å²) in [5.74, 6) is -0.224. The second kappa shape index (κ2) is 2.93. The van der Waals surface area contributed by atoms with E-state index in [2.05, 4.69) is 5.16 Å². The average Bonchev–Trinajstić information content (AvgIpc) is 2.58. The summed E-state index contributed by atoms with van der Waals surface area (Å²) in [4.78, 5) is 5.03. The van der Waals surface area contributed by atoms with Gasteiger partial charge in [0.1, 0.15) is 5.82 Å². The lowest BCUT2D eigenvalue weighted by Gasteiger charge is -2.06. The molecule has 0 N–H and O–H groups in total. The molecule has 0 saturated heterocycles. The Morgan fingerprint density at radius 1 is 1.33 bits per heavy atom. The second-order valence-corrected chi connectivity index (χ2v) is 2.67. The predicted octanol–water partition coefficient (Wildman–Crippen LogP) is 2.27. The molecule has 1 aromatic rings. The van der Waals surface area contributed by atoms with Crippen molar-refractivity contribution in [3.63, 3.8) is 0 Å². The van der Waals surface area contributed by atoms with Crippen LogP contribution >= 0.6 is 0 Å². The van der Waals surface area contributed by atoms with Crippen molar-refractivity contribution in [2.45, 2.75) is 12.5 Å². The quantitative estimate of drug-likeness (QED) is 0.625. The van der Waals surface area contributed by atoms with Crippen LogP contribution in [0.3, 0.4) is 0 Å². The molecule has 1 aliphatic heterocycles. The molecule has 0 aliphatic carbocycles.